The minimum Gasteiger partial charge on any atom is -0.497 e. The Morgan fingerprint density at radius 3 is 3.00 bits per heavy atom. The largest absolute Gasteiger partial charge is 0.497 e. The van der Waals surface area contributed by atoms with Gasteiger partial charge in [-0.3, -0.25) is 9.88 Å². The second-order valence-electron chi connectivity index (χ2n) is 6.40. The van der Waals surface area contributed by atoms with E-state index >= 15 is 0 Å². The first-order valence-corrected chi connectivity index (χ1v) is 8.64. The summed E-state index contributed by atoms with van der Waals surface area (Å²) in [5.41, 5.74) is 5.18. The van der Waals surface area contributed by atoms with Crippen molar-refractivity contribution >= 4 is 10.9 Å². The summed E-state index contributed by atoms with van der Waals surface area (Å²) in [6.45, 7) is 4.41. The standard InChI is InChI=1S/C20H23N3O/c1-3-10-23-11-8-16-17-12-15(24-2)6-7-18(17)22-19(16)20(23)14-5-4-9-21-13-14/h4-7,9,12-13,20,22H,3,8,10-11H2,1-2H3/t20-/m0/s1. The highest BCUT2D eigenvalue weighted by Gasteiger charge is 2.31. The lowest BCUT2D eigenvalue weighted by Crippen LogP contribution is -2.36. The fourth-order valence-corrected chi connectivity index (χ4v) is 3.89. The molecular weight excluding hydrogens is 298 g/mol. The van der Waals surface area contributed by atoms with Crippen LogP contribution in [-0.2, 0) is 6.42 Å². The number of ether oxygens (including phenoxy) is 1. The van der Waals surface area contributed by atoms with E-state index in [-0.39, 0.29) is 6.04 Å². The summed E-state index contributed by atoms with van der Waals surface area (Å²) in [6, 6.07) is 10.8. The zero-order valence-electron chi connectivity index (χ0n) is 14.2. The van der Waals surface area contributed by atoms with Crippen molar-refractivity contribution in [2.45, 2.75) is 25.8 Å². The van der Waals surface area contributed by atoms with Crippen LogP contribution < -0.4 is 4.74 Å². The quantitative estimate of drug-likeness (QED) is 0.791. The summed E-state index contributed by atoms with van der Waals surface area (Å²) in [4.78, 5) is 10.6. The molecule has 2 aromatic heterocycles. The molecule has 0 aliphatic carbocycles. The van der Waals surface area contributed by atoms with Crippen molar-refractivity contribution in [3.63, 3.8) is 0 Å². The molecule has 0 saturated carbocycles. The summed E-state index contributed by atoms with van der Waals surface area (Å²) in [6.07, 6.45) is 6.06. The fraction of sp³-hybridized carbons (Fsp3) is 0.350. The molecule has 1 aliphatic rings. The van der Waals surface area contributed by atoms with Crippen LogP contribution in [0.1, 0.15) is 36.2 Å². The van der Waals surface area contributed by atoms with Crippen LogP contribution >= 0.6 is 0 Å². The van der Waals surface area contributed by atoms with Crippen LogP contribution in [0.25, 0.3) is 10.9 Å². The molecule has 124 valence electrons. The predicted molar refractivity (Wildman–Crippen MR) is 96.5 cm³/mol. The molecule has 0 spiro atoms. The summed E-state index contributed by atoms with van der Waals surface area (Å²) >= 11 is 0. The van der Waals surface area contributed by atoms with Gasteiger partial charge in [0.25, 0.3) is 0 Å². The lowest BCUT2D eigenvalue weighted by molar-refractivity contribution is 0.211. The summed E-state index contributed by atoms with van der Waals surface area (Å²) in [5, 5.41) is 1.29. The first-order chi connectivity index (χ1) is 11.8. The molecule has 4 heteroatoms. The molecule has 4 nitrogen and oxygen atoms in total. The second kappa shape index (κ2) is 6.29. The highest BCUT2D eigenvalue weighted by molar-refractivity contribution is 5.86. The summed E-state index contributed by atoms with van der Waals surface area (Å²) in [7, 11) is 1.72. The van der Waals surface area contributed by atoms with Crippen LogP contribution in [0.2, 0.25) is 0 Å². The molecule has 0 fully saturated rings. The number of rotatable bonds is 4. The maximum atomic E-state index is 5.42. The molecule has 1 atom stereocenters. The van der Waals surface area contributed by atoms with Gasteiger partial charge in [0.2, 0.25) is 0 Å². The van der Waals surface area contributed by atoms with Gasteiger partial charge in [-0.25, -0.2) is 0 Å². The van der Waals surface area contributed by atoms with Gasteiger partial charge >= 0.3 is 0 Å². The molecule has 1 aliphatic heterocycles. The van der Waals surface area contributed by atoms with E-state index in [1.165, 1.54) is 27.7 Å². The van der Waals surface area contributed by atoms with Crippen molar-refractivity contribution in [3.8, 4) is 5.75 Å². The Morgan fingerprint density at radius 1 is 1.33 bits per heavy atom. The SMILES string of the molecule is CCCN1CCc2c([nH]c3ccc(OC)cc23)[C@@H]1c1cccnc1. The molecule has 1 N–H and O–H groups in total. The summed E-state index contributed by atoms with van der Waals surface area (Å²) in [5.74, 6) is 0.915. The molecule has 0 saturated heterocycles. The van der Waals surface area contributed by atoms with Gasteiger partial charge in [-0.05, 0) is 54.8 Å². The molecule has 0 bridgehead atoms. The molecule has 0 radical (unpaired) electrons. The van der Waals surface area contributed by atoms with Crippen LogP contribution in [0.5, 0.6) is 5.75 Å². The Labute approximate surface area is 142 Å². The average Bonchev–Trinajstić information content (AvgIpc) is 3.00. The number of H-pyrrole nitrogens is 1. The first-order valence-electron chi connectivity index (χ1n) is 8.64. The van der Waals surface area contributed by atoms with Crippen LogP contribution in [-0.4, -0.2) is 35.1 Å². The van der Waals surface area contributed by atoms with E-state index in [1.807, 2.05) is 24.5 Å². The van der Waals surface area contributed by atoms with Crippen molar-refractivity contribution in [2.75, 3.05) is 20.2 Å². The number of nitrogens with zero attached hydrogens (tertiary/aromatic N) is 2. The number of pyridine rings is 1. The van der Waals surface area contributed by atoms with Gasteiger partial charge in [0.05, 0.1) is 13.2 Å². The number of nitrogens with one attached hydrogen (secondary N) is 1. The molecule has 4 rings (SSSR count). The van der Waals surface area contributed by atoms with Gasteiger partial charge in [-0.2, -0.15) is 0 Å². The monoisotopic (exact) mass is 321 g/mol. The molecule has 1 aromatic carbocycles. The van der Waals surface area contributed by atoms with Gasteiger partial charge in [-0.15, -0.1) is 0 Å². The van der Waals surface area contributed by atoms with Crippen molar-refractivity contribution in [3.05, 3.63) is 59.5 Å². The fourth-order valence-electron chi connectivity index (χ4n) is 3.89. The maximum absolute atomic E-state index is 5.42. The Hall–Kier alpha value is -2.33. The molecule has 3 heterocycles. The number of benzene rings is 1. The van der Waals surface area contributed by atoms with Gasteiger partial charge in [-0.1, -0.05) is 13.0 Å². The van der Waals surface area contributed by atoms with Crippen LogP contribution in [0, 0.1) is 0 Å². The van der Waals surface area contributed by atoms with Gasteiger partial charge < -0.3 is 9.72 Å². The van der Waals surface area contributed by atoms with E-state index in [1.54, 1.807) is 7.11 Å². The third-order valence-corrected chi connectivity index (χ3v) is 4.94. The van der Waals surface area contributed by atoms with Gasteiger partial charge in [0.15, 0.2) is 0 Å². The number of hydrogen-bond donors (Lipinski definition) is 1. The van der Waals surface area contributed by atoms with E-state index in [2.05, 4.69) is 40.0 Å². The van der Waals surface area contributed by atoms with E-state index < -0.39 is 0 Å². The van der Waals surface area contributed by atoms with Gasteiger partial charge in [0, 0.05) is 35.5 Å². The second-order valence-corrected chi connectivity index (χ2v) is 6.40. The highest BCUT2D eigenvalue weighted by Crippen LogP contribution is 2.39. The zero-order valence-corrected chi connectivity index (χ0v) is 14.2. The Balaban J connectivity index is 1.88. The molecule has 0 amide bonds. The van der Waals surface area contributed by atoms with Crippen molar-refractivity contribution in [1.29, 1.82) is 0 Å². The highest BCUT2D eigenvalue weighted by atomic mass is 16.5. The van der Waals surface area contributed by atoms with E-state index in [9.17, 15) is 0 Å². The Kier molecular flexibility index (Phi) is 3.98. The first kappa shape index (κ1) is 15.2. The molecule has 0 unspecified atom stereocenters. The van der Waals surface area contributed by atoms with Crippen LogP contribution in [0.4, 0.5) is 0 Å². The van der Waals surface area contributed by atoms with Crippen molar-refractivity contribution in [2.24, 2.45) is 0 Å². The minimum atomic E-state index is 0.251. The third kappa shape index (κ3) is 2.47. The zero-order chi connectivity index (χ0) is 16.5. The predicted octanol–water partition coefficient (Wildman–Crippen LogP) is 3.93. The normalized spacial score (nSPS) is 17.8. The van der Waals surface area contributed by atoms with Crippen molar-refractivity contribution < 1.29 is 4.74 Å². The number of fused-ring (bicyclic) bond motifs is 3. The average molecular weight is 321 g/mol. The van der Waals surface area contributed by atoms with E-state index in [0.717, 1.165) is 31.7 Å². The smallest absolute Gasteiger partial charge is 0.119 e. The third-order valence-electron chi connectivity index (χ3n) is 4.94. The lowest BCUT2D eigenvalue weighted by atomic mass is 9.93. The number of aromatic amines is 1. The van der Waals surface area contributed by atoms with E-state index in [0.29, 0.717) is 0 Å². The van der Waals surface area contributed by atoms with Gasteiger partial charge in [0.1, 0.15) is 5.75 Å². The van der Waals surface area contributed by atoms with E-state index in [4.69, 9.17) is 4.74 Å². The topological polar surface area (TPSA) is 41.2 Å². The van der Waals surface area contributed by atoms with Crippen LogP contribution in [0.15, 0.2) is 42.7 Å². The Morgan fingerprint density at radius 2 is 2.25 bits per heavy atom. The number of methoxy groups -OCH3 is 1. The maximum Gasteiger partial charge on any atom is 0.119 e. The number of aromatic nitrogens is 2. The molecule has 3 aromatic rings. The summed E-state index contributed by atoms with van der Waals surface area (Å²) < 4.78 is 5.42. The van der Waals surface area contributed by atoms with Crippen LogP contribution in [0.3, 0.4) is 0 Å². The molecule has 24 heavy (non-hydrogen) atoms. The minimum absolute atomic E-state index is 0.251. The molecular formula is C20H23N3O. The lowest BCUT2D eigenvalue weighted by Gasteiger charge is -2.35. The van der Waals surface area contributed by atoms with Crippen molar-refractivity contribution in [1.82, 2.24) is 14.9 Å². The number of hydrogen-bond acceptors (Lipinski definition) is 3. The Bertz CT molecular complexity index is 841.